The lowest BCUT2D eigenvalue weighted by Gasteiger charge is -2.16. The number of nitrogens with zero attached hydrogens (tertiary/aromatic N) is 2. The zero-order valence-corrected chi connectivity index (χ0v) is 15.1. The SMILES string of the molecule is CCN(CC)c1ccc(/C=C(/C#N)C(=O)Nc2cccc(Br)c2)o1. The lowest BCUT2D eigenvalue weighted by Crippen LogP contribution is -2.20. The average molecular weight is 388 g/mol. The molecule has 24 heavy (non-hydrogen) atoms. The highest BCUT2D eigenvalue weighted by molar-refractivity contribution is 9.10. The van der Waals surface area contributed by atoms with Gasteiger partial charge in [-0.1, -0.05) is 22.0 Å². The van der Waals surface area contributed by atoms with E-state index in [9.17, 15) is 10.1 Å². The van der Waals surface area contributed by atoms with Crippen LogP contribution in [0.2, 0.25) is 0 Å². The largest absolute Gasteiger partial charge is 0.441 e. The van der Waals surface area contributed by atoms with E-state index in [-0.39, 0.29) is 5.57 Å². The lowest BCUT2D eigenvalue weighted by molar-refractivity contribution is -0.112. The Labute approximate surface area is 149 Å². The molecule has 1 N–H and O–H groups in total. The summed E-state index contributed by atoms with van der Waals surface area (Å²) in [5, 5.41) is 12.0. The van der Waals surface area contributed by atoms with Crippen LogP contribution in [0.15, 0.2) is 50.9 Å². The molecule has 0 radical (unpaired) electrons. The molecule has 0 aliphatic rings. The zero-order valence-electron chi connectivity index (χ0n) is 13.5. The van der Waals surface area contributed by atoms with Gasteiger partial charge < -0.3 is 14.6 Å². The minimum absolute atomic E-state index is 0.0181. The molecule has 0 unspecified atom stereocenters. The van der Waals surface area contributed by atoms with Crippen LogP contribution in [0.3, 0.4) is 0 Å². The normalized spacial score (nSPS) is 11.0. The standard InChI is InChI=1S/C18H18BrN3O2/c1-3-22(4-2)17-9-8-16(24-17)10-13(12-20)18(23)21-15-7-5-6-14(19)11-15/h5-11H,3-4H2,1-2H3,(H,21,23)/b13-10-. The molecule has 2 aromatic rings. The van der Waals surface area contributed by atoms with Gasteiger partial charge in [0.1, 0.15) is 17.4 Å². The van der Waals surface area contributed by atoms with Crippen molar-refractivity contribution in [2.24, 2.45) is 0 Å². The van der Waals surface area contributed by atoms with Gasteiger partial charge in [0, 0.05) is 35.4 Å². The van der Waals surface area contributed by atoms with Crippen molar-refractivity contribution in [3.8, 4) is 6.07 Å². The first kappa shape index (κ1) is 17.8. The average Bonchev–Trinajstić information content (AvgIpc) is 3.02. The van der Waals surface area contributed by atoms with Crippen LogP contribution in [-0.2, 0) is 4.79 Å². The Kier molecular flexibility index (Phi) is 6.21. The predicted octanol–water partition coefficient (Wildman–Crippen LogP) is 4.43. The van der Waals surface area contributed by atoms with Gasteiger partial charge in [-0.3, -0.25) is 4.79 Å². The number of furan rings is 1. The molecule has 0 fully saturated rings. The van der Waals surface area contributed by atoms with E-state index in [1.54, 1.807) is 24.3 Å². The van der Waals surface area contributed by atoms with Gasteiger partial charge in [0.2, 0.25) is 0 Å². The lowest BCUT2D eigenvalue weighted by atomic mass is 10.2. The fraction of sp³-hybridized carbons (Fsp3) is 0.222. The van der Waals surface area contributed by atoms with Gasteiger partial charge in [0.15, 0.2) is 5.88 Å². The number of carbonyl (C=O) groups excluding carboxylic acids is 1. The van der Waals surface area contributed by atoms with E-state index >= 15 is 0 Å². The van der Waals surface area contributed by atoms with Crippen molar-refractivity contribution in [2.45, 2.75) is 13.8 Å². The topological polar surface area (TPSA) is 69.3 Å². The minimum Gasteiger partial charge on any atom is -0.441 e. The summed E-state index contributed by atoms with van der Waals surface area (Å²) >= 11 is 3.34. The number of hydrogen-bond acceptors (Lipinski definition) is 4. The molecular weight excluding hydrogens is 370 g/mol. The maximum Gasteiger partial charge on any atom is 0.266 e. The number of amides is 1. The minimum atomic E-state index is -0.476. The Morgan fingerprint density at radius 2 is 2.08 bits per heavy atom. The highest BCUT2D eigenvalue weighted by Crippen LogP contribution is 2.21. The second-order valence-corrected chi connectivity index (χ2v) is 5.90. The molecule has 5 nitrogen and oxygen atoms in total. The molecule has 0 aliphatic carbocycles. The van der Waals surface area contributed by atoms with Gasteiger partial charge in [-0.25, -0.2) is 0 Å². The van der Waals surface area contributed by atoms with Gasteiger partial charge in [-0.15, -0.1) is 0 Å². The third-order valence-corrected chi connectivity index (χ3v) is 3.92. The molecule has 0 saturated heterocycles. The first-order chi connectivity index (χ1) is 11.6. The molecule has 1 aromatic heterocycles. The monoisotopic (exact) mass is 387 g/mol. The Balaban J connectivity index is 2.17. The molecule has 0 aliphatic heterocycles. The molecule has 2 rings (SSSR count). The highest BCUT2D eigenvalue weighted by Gasteiger charge is 2.12. The first-order valence-electron chi connectivity index (χ1n) is 7.60. The summed E-state index contributed by atoms with van der Waals surface area (Å²) < 4.78 is 6.54. The quantitative estimate of drug-likeness (QED) is 0.587. The molecule has 1 amide bonds. The fourth-order valence-electron chi connectivity index (χ4n) is 2.18. The second kappa shape index (κ2) is 8.37. The zero-order chi connectivity index (χ0) is 17.5. The van der Waals surface area contributed by atoms with E-state index in [0.717, 1.165) is 23.4 Å². The molecule has 1 aromatic carbocycles. The van der Waals surface area contributed by atoms with E-state index in [1.807, 2.05) is 36.9 Å². The van der Waals surface area contributed by atoms with Gasteiger partial charge >= 0.3 is 0 Å². The van der Waals surface area contributed by atoms with Crippen LogP contribution in [0.5, 0.6) is 0 Å². The number of carbonyl (C=O) groups is 1. The van der Waals surface area contributed by atoms with Crippen molar-refractivity contribution in [3.05, 3.63) is 52.2 Å². The maximum atomic E-state index is 12.2. The van der Waals surface area contributed by atoms with E-state index in [0.29, 0.717) is 11.4 Å². The highest BCUT2D eigenvalue weighted by atomic mass is 79.9. The van der Waals surface area contributed by atoms with Crippen LogP contribution in [0.1, 0.15) is 19.6 Å². The van der Waals surface area contributed by atoms with Crippen molar-refractivity contribution in [1.29, 1.82) is 5.26 Å². The number of nitriles is 1. The molecule has 0 spiro atoms. The van der Waals surface area contributed by atoms with E-state index in [1.165, 1.54) is 6.08 Å². The predicted molar refractivity (Wildman–Crippen MR) is 98.6 cm³/mol. The van der Waals surface area contributed by atoms with Crippen LogP contribution in [0.4, 0.5) is 11.6 Å². The summed E-state index contributed by atoms with van der Waals surface area (Å²) in [6, 6.07) is 12.7. The maximum absolute atomic E-state index is 12.2. The Hall–Kier alpha value is -2.52. The fourth-order valence-corrected chi connectivity index (χ4v) is 2.58. The first-order valence-corrected chi connectivity index (χ1v) is 8.40. The van der Waals surface area contributed by atoms with Crippen LogP contribution in [0.25, 0.3) is 6.08 Å². The summed E-state index contributed by atoms with van der Waals surface area (Å²) in [6.07, 6.45) is 1.44. The Bertz CT molecular complexity index is 786. The van der Waals surface area contributed by atoms with Gasteiger partial charge in [0.05, 0.1) is 0 Å². The smallest absolute Gasteiger partial charge is 0.266 e. The summed E-state index contributed by atoms with van der Waals surface area (Å²) in [7, 11) is 0. The van der Waals surface area contributed by atoms with E-state index < -0.39 is 5.91 Å². The molecule has 0 bridgehead atoms. The van der Waals surface area contributed by atoms with Crippen molar-refractivity contribution in [3.63, 3.8) is 0 Å². The summed E-state index contributed by atoms with van der Waals surface area (Å²) in [5.41, 5.74) is 0.592. The summed E-state index contributed by atoms with van der Waals surface area (Å²) in [5.74, 6) is 0.713. The summed E-state index contributed by atoms with van der Waals surface area (Å²) in [4.78, 5) is 14.3. The second-order valence-electron chi connectivity index (χ2n) is 4.98. The Morgan fingerprint density at radius 3 is 2.71 bits per heavy atom. The number of hydrogen-bond donors (Lipinski definition) is 1. The van der Waals surface area contributed by atoms with Gasteiger partial charge in [0.25, 0.3) is 5.91 Å². The summed E-state index contributed by atoms with van der Waals surface area (Å²) in [6.45, 7) is 5.71. The third-order valence-electron chi connectivity index (χ3n) is 3.42. The van der Waals surface area contributed by atoms with Crippen LogP contribution in [-0.4, -0.2) is 19.0 Å². The number of halogens is 1. The van der Waals surface area contributed by atoms with Gasteiger partial charge in [-0.2, -0.15) is 5.26 Å². The molecule has 6 heteroatoms. The number of rotatable bonds is 6. The van der Waals surface area contributed by atoms with Crippen LogP contribution >= 0.6 is 15.9 Å². The van der Waals surface area contributed by atoms with E-state index in [2.05, 4.69) is 21.2 Å². The number of anilines is 2. The van der Waals surface area contributed by atoms with Crippen molar-refractivity contribution >= 4 is 39.5 Å². The molecule has 0 saturated carbocycles. The van der Waals surface area contributed by atoms with Crippen LogP contribution < -0.4 is 10.2 Å². The third kappa shape index (κ3) is 4.49. The van der Waals surface area contributed by atoms with Crippen molar-refractivity contribution < 1.29 is 9.21 Å². The number of nitrogens with one attached hydrogen (secondary N) is 1. The van der Waals surface area contributed by atoms with Gasteiger partial charge in [-0.05, 0) is 38.1 Å². The number of benzene rings is 1. The molecular formula is C18H18BrN3O2. The van der Waals surface area contributed by atoms with Crippen molar-refractivity contribution in [1.82, 2.24) is 0 Å². The molecule has 1 heterocycles. The van der Waals surface area contributed by atoms with E-state index in [4.69, 9.17) is 4.42 Å². The molecule has 124 valence electrons. The Morgan fingerprint density at radius 1 is 1.33 bits per heavy atom. The molecule has 0 atom stereocenters. The van der Waals surface area contributed by atoms with Crippen molar-refractivity contribution in [2.75, 3.05) is 23.3 Å². The van der Waals surface area contributed by atoms with Crippen LogP contribution in [0, 0.1) is 11.3 Å².